The number of amides is 1. The zero-order valence-electron chi connectivity index (χ0n) is 12.5. The quantitative estimate of drug-likeness (QED) is 0.338. The highest BCUT2D eigenvalue weighted by Gasteiger charge is 2.39. The number of hydrogen-bond acceptors (Lipinski definition) is 6. The van der Waals surface area contributed by atoms with E-state index >= 15 is 0 Å². The van der Waals surface area contributed by atoms with Gasteiger partial charge in [0.15, 0.2) is 0 Å². The lowest BCUT2D eigenvalue weighted by atomic mass is 9.90. The van der Waals surface area contributed by atoms with Crippen molar-refractivity contribution in [3.63, 3.8) is 0 Å². The number of carbonyl (C=O) groups excluding carboxylic acids is 1. The molecule has 2 rings (SSSR count). The minimum absolute atomic E-state index is 0.327. The van der Waals surface area contributed by atoms with Crippen LogP contribution >= 0.6 is 0 Å². The van der Waals surface area contributed by atoms with Crippen LogP contribution in [0.4, 0.5) is 0 Å². The largest absolute Gasteiger partial charge is 0.480 e. The van der Waals surface area contributed by atoms with Gasteiger partial charge in [-0.15, -0.1) is 0 Å². The SMILES string of the molecule is O=C(C=Cc1ccc(CNC2(C(=O)O)CCOCC2)nc1)NO. The predicted molar refractivity (Wildman–Crippen MR) is 80.5 cm³/mol. The maximum Gasteiger partial charge on any atom is 0.324 e. The standard InChI is InChI=1S/C15H19N3O5/c19-13(18-22)4-2-11-1-3-12(16-9-11)10-17-15(14(20)21)5-7-23-8-6-15/h1-4,9,17,22H,5-8,10H2,(H,18,19)(H,20,21). The van der Waals surface area contributed by atoms with Gasteiger partial charge in [0.05, 0.1) is 5.69 Å². The fourth-order valence-electron chi connectivity index (χ4n) is 2.29. The maximum absolute atomic E-state index is 11.5. The number of carboxylic acids is 1. The highest BCUT2D eigenvalue weighted by atomic mass is 16.5. The lowest BCUT2D eigenvalue weighted by Gasteiger charge is -2.34. The summed E-state index contributed by atoms with van der Waals surface area (Å²) in [5.74, 6) is -1.51. The van der Waals surface area contributed by atoms with Gasteiger partial charge in [-0.1, -0.05) is 6.07 Å². The van der Waals surface area contributed by atoms with Crippen LogP contribution in [0.3, 0.4) is 0 Å². The number of aromatic nitrogens is 1. The van der Waals surface area contributed by atoms with Gasteiger partial charge < -0.3 is 9.84 Å². The first-order chi connectivity index (χ1) is 11.1. The van der Waals surface area contributed by atoms with Crippen molar-refractivity contribution in [1.82, 2.24) is 15.8 Å². The van der Waals surface area contributed by atoms with Crippen LogP contribution in [-0.4, -0.2) is 45.9 Å². The van der Waals surface area contributed by atoms with Crippen LogP contribution in [0.2, 0.25) is 0 Å². The summed E-state index contributed by atoms with van der Waals surface area (Å²) in [5, 5.41) is 20.9. The molecular weight excluding hydrogens is 302 g/mol. The van der Waals surface area contributed by atoms with Crippen molar-refractivity contribution in [2.75, 3.05) is 13.2 Å². The summed E-state index contributed by atoms with van der Waals surface area (Å²) >= 11 is 0. The number of pyridine rings is 1. The Hall–Kier alpha value is -2.29. The summed E-state index contributed by atoms with van der Waals surface area (Å²) in [6, 6.07) is 3.50. The molecule has 1 aromatic rings. The van der Waals surface area contributed by atoms with Gasteiger partial charge in [-0.2, -0.15) is 0 Å². The van der Waals surface area contributed by atoms with E-state index in [2.05, 4.69) is 10.3 Å². The van der Waals surface area contributed by atoms with Crippen molar-refractivity contribution < 1.29 is 24.6 Å². The molecule has 0 atom stereocenters. The van der Waals surface area contributed by atoms with E-state index in [-0.39, 0.29) is 0 Å². The Bertz CT molecular complexity index is 579. The number of carbonyl (C=O) groups is 2. The van der Waals surface area contributed by atoms with Gasteiger partial charge in [0, 0.05) is 32.0 Å². The molecule has 1 aromatic heterocycles. The van der Waals surface area contributed by atoms with E-state index in [0.717, 1.165) is 0 Å². The number of hydrogen-bond donors (Lipinski definition) is 4. The number of nitrogens with one attached hydrogen (secondary N) is 2. The van der Waals surface area contributed by atoms with E-state index in [9.17, 15) is 14.7 Å². The first-order valence-corrected chi connectivity index (χ1v) is 7.19. The summed E-state index contributed by atoms with van der Waals surface area (Å²) < 4.78 is 5.22. The third kappa shape index (κ3) is 4.59. The summed E-state index contributed by atoms with van der Waals surface area (Å²) in [7, 11) is 0. The fourth-order valence-corrected chi connectivity index (χ4v) is 2.29. The molecule has 0 saturated carbocycles. The monoisotopic (exact) mass is 321 g/mol. The van der Waals surface area contributed by atoms with Gasteiger partial charge in [0.2, 0.25) is 0 Å². The molecule has 2 heterocycles. The summed E-state index contributed by atoms with van der Waals surface area (Å²) in [4.78, 5) is 26.6. The second-order valence-corrected chi connectivity index (χ2v) is 5.25. The van der Waals surface area contributed by atoms with Crippen molar-refractivity contribution in [1.29, 1.82) is 0 Å². The van der Waals surface area contributed by atoms with Gasteiger partial charge in [-0.05, 0) is 30.5 Å². The minimum Gasteiger partial charge on any atom is -0.480 e. The van der Waals surface area contributed by atoms with Crippen molar-refractivity contribution in [2.45, 2.75) is 24.9 Å². The number of ether oxygens (including phenoxy) is 1. The zero-order chi connectivity index (χ0) is 16.7. The average Bonchev–Trinajstić information content (AvgIpc) is 2.59. The summed E-state index contributed by atoms with van der Waals surface area (Å²) in [6.07, 6.45) is 5.08. The zero-order valence-corrected chi connectivity index (χ0v) is 12.5. The Morgan fingerprint density at radius 2 is 2.09 bits per heavy atom. The Morgan fingerprint density at radius 3 is 2.65 bits per heavy atom. The van der Waals surface area contributed by atoms with E-state index in [1.165, 1.54) is 17.6 Å². The lowest BCUT2D eigenvalue weighted by Crippen LogP contribution is -2.55. The first-order valence-electron chi connectivity index (χ1n) is 7.19. The molecule has 0 radical (unpaired) electrons. The van der Waals surface area contributed by atoms with Crippen molar-refractivity contribution in [2.24, 2.45) is 0 Å². The molecule has 1 aliphatic heterocycles. The molecule has 0 unspecified atom stereocenters. The average molecular weight is 321 g/mol. The summed E-state index contributed by atoms with van der Waals surface area (Å²) in [6.45, 7) is 1.17. The number of nitrogens with zero attached hydrogens (tertiary/aromatic N) is 1. The van der Waals surface area contributed by atoms with Crippen molar-refractivity contribution >= 4 is 18.0 Å². The molecule has 1 fully saturated rings. The van der Waals surface area contributed by atoms with Crippen LogP contribution in [0.1, 0.15) is 24.1 Å². The fraction of sp³-hybridized carbons (Fsp3) is 0.400. The number of hydroxylamine groups is 1. The Kier molecular flexibility index (Phi) is 5.80. The van der Waals surface area contributed by atoms with E-state index in [4.69, 9.17) is 9.94 Å². The molecule has 1 aliphatic rings. The van der Waals surface area contributed by atoms with Crippen molar-refractivity contribution in [3.8, 4) is 0 Å². The predicted octanol–water partition coefficient (Wildman–Crippen LogP) is 0.324. The molecule has 8 heteroatoms. The third-order valence-corrected chi connectivity index (χ3v) is 3.75. The molecular formula is C15H19N3O5. The molecule has 0 aromatic carbocycles. The molecule has 1 amide bonds. The molecule has 8 nitrogen and oxygen atoms in total. The van der Waals surface area contributed by atoms with Gasteiger partial charge in [0.25, 0.3) is 5.91 Å². The molecule has 0 bridgehead atoms. The second kappa shape index (κ2) is 7.82. The maximum atomic E-state index is 11.5. The van der Waals surface area contributed by atoms with Crippen LogP contribution in [0.25, 0.3) is 6.08 Å². The molecule has 0 spiro atoms. The molecule has 4 N–H and O–H groups in total. The van der Waals surface area contributed by atoms with Gasteiger partial charge in [-0.3, -0.25) is 25.1 Å². The van der Waals surface area contributed by atoms with Crippen molar-refractivity contribution in [3.05, 3.63) is 35.7 Å². The number of carboxylic acid groups (broad SMARTS) is 1. The van der Waals surface area contributed by atoms with Crippen LogP contribution in [-0.2, 0) is 20.9 Å². The third-order valence-electron chi connectivity index (χ3n) is 3.75. The number of rotatable bonds is 6. The van der Waals surface area contributed by atoms with Gasteiger partial charge in [-0.25, -0.2) is 5.48 Å². The molecule has 0 aliphatic carbocycles. The highest BCUT2D eigenvalue weighted by molar-refractivity contribution is 5.90. The van der Waals surface area contributed by atoms with Crippen LogP contribution < -0.4 is 10.8 Å². The van der Waals surface area contributed by atoms with E-state index in [1.807, 2.05) is 0 Å². The van der Waals surface area contributed by atoms with Gasteiger partial charge in [0.1, 0.15) is 5.54 Å². The van der Waals surface area contributed by atoms with E-state index < -0.39 is 17.4 Å². The summed E-state index contributed by atoms with van der Waals surface area (Å²) in [5.41, 5.74) is 1.91. The Morgan fingerprint density at radius 1 is 1.35 bits per heavy atom. The van der Waals surface area contributed by atoms with Crippen LogP contribution in [0.5, 0.6) is 0 Å². The first kappa shape index (κ1) is 17.1. The normalized spacial score (nSPS) is 17.1. The minimum atomic E-state index is -0.974. The number of aliphatic carboxylic acids is 1. The van der Waals surface area contributed by atoms with E-state index in [0.29, 0.717) is 43.9 Å². The molecule has 1 saturated heterocycles. The Labute approximate surface area is 133 Å². The topological polar surface area (TPSA) is 121 Å². The molecule has 124 valence electrons. The smallest absolute Gasteiger partial charge is 0.324 e. The molecule has 23 heavy (non-hydrogen) atoms. The lowest BCUT2D eigenvalue weighted by molar-refractivity contribution is -0.149. The highest BCUT2D eigenvalue weighted by Crippen LogP contribution is 2.21. The second-order valence-electron chi connectivity index (χ2n) is 5.25. The Balaban J connectivity index is 1.96. The van der Waals surface area contributed by atoms with Gasteiger partial charge >= 0.3 is 5.97 Å². The van der Waals surface area contributed by atoms with Crippen LogP contribution in [0, 0.1) is 0 Å². The van der Waals surface area contributed by atoms with E-state index in [1.54, 1.807) is 18.3 Å². The van der Waals surface area contributed by atoms with Crippen LogP contribution in [0.15, 0.2) is 24.4 Å².